The molecule has 0 atom stereocenters. The highest BCUT2D eigenvalue weighted by atomic mass is 15.6. The third-order valence-corrected chi connectivity index (χ3v) is 1.19. The maximum Gasteiger partial charge on any atom is 0.269 e. The summed E-state index contributed by atoms with van der Waals surface area (Å²) in [4.78, 5) is 0. The maximum atomic E-state index is 3.66. The zero-order valence-corrected chi connectivity index (χ0v) is 6.13. The van der Waals surface area contributed by atoms with Gasteiger partial charge in [0.15, 0.2) is 0 Å². The molecule has 62 valence electrons. The van der Waals surface area contributed by atoms with E-state index in [0.29, 0.717) is 11.9 Å². The fraction of sp³-hybridized carbons (Fsp3) is 0.333. The van der Waals surface area contributed by atoms with Crippen LogP contribution in [0, 0.1) is 0 Å². The lowest BCUT2D eigenvalue weighted by Crippen LogP contribution is -2.01. The molecule has 9 heteroatoms. The molecule has 0 spiro atoms. The molecule has 0 aliphatic carbocycles. The summed E-state index contributed by atoms with van der Waals surface area (Å²) in [6, 6.07) is 0. The summed E-state index contributed by atoms with van der Waals surface area (Å²) in [5, 5.41) is 26.4. The minimum atomic E-state index is 0.327. The van der Waals surface area contributed by atoms with E-state index in [4.69, 9.17) is 0 Å². The molecule has 2 aromatic rings. The van der Waals surface area contributed by atoms with Gasteiger partial charge in [-0.15, -0.1) is 5.10 Å². The number of aromatic nitrogens is 8. The van der Waals surface area contributed by atoms with Crippen LogP contribution in [0.2, 0.25) is 0 Å². The van der Waals surface area contributed by atoms with Crippen molar-refractivity contribution in [3.05, 3.63) is 0 Å². The summed E-state index contributed by atoms with van der Waals surface area (Å²) in [6.07, 6.45) is 0. The molecular formula is C3H5N9. The third-order valence-electron chi connectivity index (χ3n) is 1.19. The Hall–Kier alpha value is -2.06. The zero-order chi connectivity index (χ0) is 8.39. The normalized spacial score (nSPS) is 10.1. The molecule has 0 aromatic carbocycles. The molecule has 0 aliphatic rings. The molecule has 2 rings (SSSR count). The second kappa shape index (κ2) is 2.53. The van der Waals surface area contributed by atoms with E-state index in [9.17, 15) is 0 Å². The van der Waals surface area contributed by atoms with Crippen LogP contribution in [0.3, 0.4) is 0 Å². The minimum absolute atomic E-state index is 0.327. The van der Waals surface area contributed by atoms with Crippen molar-refractivity contribution in [2.45, 2.75) is 0 Å². The largest absolute Gasteiger partial charge is 0.289 e. The average molecular weight is 167 g/mol. The highest BCUT2D eigenvalue weighted by molar-refractivity contribution is 5.39. The molecule has 0 amide bonds. The molecule has 0 saturated carbocycles. The zero-order valence-electron chi connectivity index (χ0n) is 6.13. The maximum absolute atomic E-state index is 3.66. The smallest absolute Gasteiger partial charge is 0.269 e. The summed E-state index contributed by atoms with van der Waals surface area (Å²) in [5.41, 5.74) is 0. The van der Waals surface area contributed by atoms with Gasteiger partial charge in [-0.05, 0) is 15.6 Å². The summed E-state index contributed by atoms with van der Waals surface area (Å²) in [5.74, 6) is 0.782. The number of hydrogen-bond acceptors (Lipinski definition) is 7. The van der Waals surface area contributed by atoms with Crippen molar-refractivity contribution in [1.82, 2.24) is 40.8 Å². The quantitative estimate of drug-likeness (QED) is 0.558. The van der Waals surface area contributed by atoms with Crippen LogP contribution in [0.25, 0.3) is 0 Å². The molecule has 2 heterocycles. The van der Waals surface area contributed by atoms with Crippen LogP contribution in [-0.4, -0.2) is 40.8 Å². The first kappa shape index (κ1) is 6.64. The Morgan fingerprint density at radius 2 is 2.33 bits per heavy atom. The molecule has 12 heavy (non-hydrogen) atoms. The lowest BCUT2D eigenvalue weighted by molar-refractivity contribution is 0.715. The molecule has 9 nitrogen and oxygen atoms in total. The summed E-state index contributed by atoms with van der Waals surface area (Å²) in [6.45, 7) is 0. The second-order valence-electron chi connectivity index (χ2n) is 1.99. The van der Waals surface area contributed by atoms with Gasteiger partial charge in [-0.3, -0.25) is 5.32 Å². The first-order valence-corrected chi connectivity index (χ1v) is 3.09. The molecule has 0 radical (unpaired) electrons. The van der Waals surface area contributed by atoms with Crippen LogP contribution < -0.4 is 5.32 Å². The van der Waals surface area contributed by atoms with Crippen LogP contribution in [-0.2, 0) is 7.05 Å². The van der Waals surface area contributed by atoms with Gasteiger partial charge in [0, 0.05) is 7.05 Å². The van der Waals surface area contributed by atoms with Gasteiger partial charge in [-0.2, -0.15) is 5.21 Å². The predicted octanol–water partition coefficient (Wildman–Crippen LogP) is -1.53. The topological polar surface area (TPSA) is 110 Å². The highest BCUT2D eigenvalue weighted by Gasteiger charge is 2.03. The van der Waals surface area contributed by atoms with E-state index in [1.165, 1.54) is 4.68 Å². The summed E-state index contributed by atoms with van der Waals surface area (Å²) in [7, 11) is 1.70. The number of aromatic amines is 1. The molecule has 0 saturated heterocycles. The Labute approximate surface area is 66.2 Å². The Bertz CT molecular complexity index is 345. The number of nitrogens with one attached hydrogen (secondary N) is 2. The molecule has 0 aliphatic heterocycles. The molecule has 0 fully saturated rings. The molecule has 0 unspecified atom stereocenters. The Kier molecular flexibility index (Phi) is 1.40. The van der Waals surface area contributed by atoms with Crippen LogP contribution in [0.15, 0.2) is 0 Å². The fourth-order valence-electron chi connectivity index (χ4n) is 0.650. The SMILES string of the molecule is Cn1nnnc1Nc1nn[nH]n1. The lowest BCUT2D eigenvalue weighted by atomic mass is 10.9. The Morgan fingerprint density at radius 1 is 1.42 bits per heavy atom. The number of tetrazole rings is 2. The first-order chi connectivity index (χ1) is 5.86. The van der Waals surface area contributed by atoms with Crippen molar-refractivity contribution in [3.63, 3.8) is 0 Å². The third kappa shape index (κ3) is 1.07. The van der Waals surface area contributed by atoms with Crippen LogP contribution in [0.1, 0.15) is 0 Å². The summed E-state index contributed by atoms with van der Waals surface area (Å²) >= 11 is 0. The van der Waals surface area contributed by atoms with Gasteiger partial charge in [-0.1, -0.05) is 10.2 Å². The minimum Gasteiger partial charge on any atom is -0.289 e. The van der Waals surface area contributed by atoms with Gasteiger partial charge >= 0.3 is 0 Å². The van der Waals surface area contributed by atoms with E-state index in [1.807, 2.05) is 0 Å². The van der Waals surface area contributed by atoms with Gasteiger partial charge < -0.3 is 0 Å². The van der Waals surface area contributed by atoms with E-state index >= 15 is 0 Å². The van der Waals surface area contributed by atoms with Gasteiger partial charge in [0.2, 0.25) is 5.95 Å². The van der Waals surface area contributed by atoms with Crippen molar-refractivity contribution in [2.75, 3.05) is 5.32 Å². The number of anilines is 2. The van der Waals surface area contributed by atoms with Gasteiger partial charge in [-0.25, -0.2) is 4.68 Å². The van der Waals surface area contributed by atoms with Crippen molar-refractivity contribution in [1.29, 1.82) is 0 Å². The second-order valence-corrected chi connectivity index (χ2v) is 1.99. The first-order valence-electron chi connectivity index (χ1n) is 3.09. The fourth-order valence-corrected chi connectivity index (χ4v) is 0.650. The van der Waals surface area contributed by atoms with E-state index < -0.39 is 0 Å². The van der Waals surface area contributed by atoms with E-state index in [2.05, 4.69) is 41.5 Å². The number of hydrogen-bond donors (Lipinski definition) is 2. The molecule has 2 aromatic heterocycles. The number of H-pyrrole nitrogens is 1. The Morgan fingerprint density at radius 3 is 2.92 bits per heavy atom. The lowest BCUT2D eigenvalue weighted by Gasteiger charge is -1.94. The van der Waals surface area contributed by atoms with Crippen molar-refractivity contribution < 1.29 is 0 Å². The highest BCUT2D eigenvalue weighted by Crippen LogP contribution is 2.02. The van der Waals surface area contributed by atoms with Crippen molar-refractivity contribution in [2.24, 2.45) is 7.05 Å². The Balaban J connectivity index is 2.20. The van der Waals surface area contributed by atoms with Gasteiger partial charge in [0.25, 0.3) is 5.95 Å². The molecule has 2 N–H and O–H groups in total. The number of aryl methyl sites for hydroxylation is 1. The van der Waals surface area contributed by atoms with Crippen LogP contribution in [0.5, 0.6) is 0 Å². The van der Waals surface area contributed by atoms with E-state index in [1.54, 1.807) is 7.05 Å². The van der Waals surface area contributed by atoms with Crippen molar-refractivity contribution >= 4 is 11.9 Å². The molecule has 0 bridgehead atoms. The average Bonchev–Trinajstić information content (AvgIpc) is 2.65. The standard InChI is InChI=1S/C3H5N9/c1-12-3(7-10-11-12)4-2-5-8-9-6-2/h1H3,(H2,4,5,6,7,8,9,11). The molecular weight excluding hydrogens is 162 g/mol. The van der Waals surface area contributed by atoms with E-state index in [0.717, 1.165) is 0 Å². The summed E-state index contributed by atoms with van der Waals surface area (Å²) < 4.78 is 1.45. The predicted molar refractivity (Wildman–Crippen MR) is 36.3 cm³/mol. The van der Waals surface area contributed by atoms with Crippen molar-refractivity contribution in [3.8, 4) is 0 Å². The van der Waals surface area contributed by atoms with Gasteiger partial charge in [0.1, 0.15) is 0 Å². The monoisotopic (exact) mass is 167 g/mol. The number of rotatable bonds is 2. The number of nitrogens with zero attached hydrogens (tertiary/aromatic N) is 7. The van der Waals surface area contributed by atoms with Gasteiger partial charge in [0.05, 0.1) is 0 Å². The van der Waals surface area contributed by atoms with Crippen LogP contribution >= 0.6 is 0 Å². The van der Waals surface area contributed by atoms with Crippen LogP contribution in [0.4, 0.5) is 11.9 Å². The van der Waals surface area contributed by atoms with E-state index in [-0.39, 0.29) is 0 Å².